The van der Waals surface area contributed by atoms with E-state index < -0.39 is 0 Å². The zero-order valence-electron chi connectivity index (χ0n) is 21.1. The Hall–Kier alpha value is -4.97. The smallest absolute Gasteiger partial charge is 0.140 e. The lowest BCUT2D eigenvalue weighted by atomic mass is 10.2. The molecule has 2 aliphatic rings. The minimum Gasteiger partial charge on any atom is -0.496 e. The lowest BCUT2D eigenvalue weighted by Gasteiger charge is -2.25. The molecule has 7 rings (SSSR count). The summed E-state index contributed by atoms with van der Waals surface area (Å²) in [6.07, 6.45) is 0. The monoisotopic (exact) mass is 497 g/mol. The molecule has 6 nitrogen and oxygen atoms in total. The van der Waals surface area contributed by atoms with Gasteiger partial charge in [-0.25, -0.2) is 4.98 Å². The number of hydrogen-bond acceptors (Lipinski definition) is 6. The topological polar surface area (TPSA) is 35.1 Å². The number of rotatable bonds is 5. The van der Waals surface area contributed by atoms with Crippen LogP contribution in [0, 0.1) is 0 Å². The molecule has 0 saturated carbocycles. The van der Waals surface area contributed by atoms with Gasteiger partial charge in [-0.1, -0.05) is 60.7 Å². The van der Waals surface area contributed by atoms with Gasteiger partial charge < -0.3 is 24.3 Å². The molecule has 3 heterocycles. The van der Waals surface area contributed by atoms with E-state index in [0.29, 0.717) is 13.3 Å². The Morgan fingerprint density at radius 3 is 1.26 bits per heavy atom. The van der Waals surface area contributed by atoms with Crippen LogP contribution in [0.1, 0.15) is 0 Å². The van der Waals surface area contributed by atoms with E-state index in [1.165, 1.54) is 0 Å². The minimum atomic E-state index is 0.662. The average molecular weight is 498 g/mol. The van der Waals surface area contributed by atoms with Crippen molar-refractivity contribution >= 4 is 45.8 Å². The summed E-state index contributed by atoms with van der Waals surface area (Å²) < 4.78 is 5.79. The molecule has 0 bridgehead atoms. The zero-order chi connectivity index (χ0) is 25.5. The van der Waals surface area contributed by atoms with Crippen LogP contribution in [-0.4, -0.2) is 25.4 Å². The largest absolute Gasteiger partial charge is 0.496 e. The van der Waals surface area contributed by atoms with Crippen molar-refractivity contribution in [3.63, 3.8) is 0 Å². The van der Waals surface area contributed by atoms with Gasteiger partial charge in [0.2, 0.25) is 0 Å². The summed E-state index contributed by atoms with van der Waals surface area (Å²) in [5.41, 5.74) is 6.86. The van der Waals surface area contributed by atoms with Crippen molar-refractivity contribution in [2.75, 3.05) is 40.0 Å². The molecule has 0 aliphatic carbocycles. The highest BCUT2D eigenvalue weighted by Crippen LogP contribution is 2.47. The van der Waals surface area contributed by atoms with Crippen LogP contribution in [0.25, 0.3) is 0 Å². The highest BCUT2D eigenvalue weighted by molar-refractivity contribution is 5.88. The molecule has 0 amide bonds. The molecular weight excluding hydrogens is 470 g/mol. The van der Waals surface area contributed by atoms with Crippen LogP contribution in [0.2, 0.25) is 0 Å². The van der Waals surface area contributed by atoms with E-state index in [2.05, 4.69) is 117 Å². The average Bonchev–Trinajstić information content (AvgIpc) is 3.58. The highest BCUT2D eigenvalue weighted by Gasteiger charge is 2.32. The van der Waals surface area contributed by atoms with Crippen LogP contribution in [0.15, 0.2) is 121 Å². The van der Waals surface area contributed by atoms with Crippen LogP contribution in [0.4, 0.5) is 45.8 Å². The van der Waals surface area contributed by atoms with E-state index in [0.717, 1.165) is 51.5 Å². The molecule has 0 spiro atoms. The number of para-hydroxylation sites is 6. The molecular formula is C32H27N5O. The van der Waals surface area contributed by atoms with Crippen molar-refractivity contribution < 1.29 is 4.74 Å². The fourth-order valence-electron chi connectivity index (χ4n) is 5.35. The number of ether oxygens (including phenoxy) is 1. The van der Waals surface area contributed by atoms with Crippen molar-refractivity contribution in [1.29, 1.82) is 0 Å². The first-order valence-corrected chi connectivity index (χ1v) is 12.7. The second-order valence-electron chi connectivity index (χ2n) is 9.37. The Morgan fingerprint density at radius 1 is 0.500 bits per heavy atom. The number of fused-ring (bicyclic) bond motifs is 2. The van der Waals surface area contributed by atoms with Gasteiger partial charge in [0.25, 0.3) is 0 Å². The molecule has 4 aromatic carbocycles. The summed E-state index contributed by atoms with van der Waals surface area (Å²) in [5, 5.41) is 0. The van der Waals surface area contributed by atoms with Gasteiger partial charge in [0.05, 0.1) is 29.9 Å². The Balaban J connectivity index is 1.30. The van der Waals surface area contributed by atoms with E-state index in [9.17, 15) is 0 Å². The second-order valence-corrected chi connectivity index (χ2v) is 9.37. The number of anilines is 8. The first-order valence-electron chi connectivity index (χ1n) is 12.7. The van der Waals surface area contributed by atoms with Crippen LogP contribution < -0.4 is 24.3 Å². The van der Waals surface area contributed by atoms with Crippen molar-refractivity contribution in [3.8, 4) is 5.75 Å². The third kappa shape index (κ3) is 3.69. The summed E-state index contributed by atoms with van der Waals surface area (Å²) in [5.74, 6) is 2.47. The summed E-state index contributed by atoms with van der Waals surface area (Å²) in [7, 11) is 1.71. The van der Waals surface area contributed by atoms with Crippen LogP contribution in [-0.2, 0) is 0 Å². The van der Waals surface area contributed by atoms with Crippen LogP contribution >= 0.6 is 0 Å². The molecule has 1 aromatic heterocycles. The molecule has 0 radical (unpaired) electrons. The molecule has 0 atom stereocenters. The third-order valence-electron chi connectivity index (χ3n) is 7.19. The summed E-state index contributed by atoms with van der Waals surface area (Å²) in [4.78, 5) is 14.4. The Labute approximate surface area is 222 Å². The summed E-state index contributed by atoms with van der Waals surface area (Å²) in [6, 6.07) is 42.0. The van der Waals surface area contributed by atoms with E-state index in [4.69, 9.17) is 9.72 Å². The lowest BCUT2D eigenvalue weighted by Crippen LogP contribution is -2.27. The van der Waals surface area contributed by atoms with E-state index in [-0.39, 0.29) is 0 Å². The first kappa shape index (κ1) is 22.2. The SMILES string of the molecule is COc1cc(N2CN(c3ccccc3)c3ccccc32)nc(N2CN(c3ccccc3)c3ccccc32)c1. The maximum absolute atomic E-state index is 5.79. The fraction of sp³-hybridized carbons (Fsp3) is 0.0938. The fourth-order valence-corrected chi connectivity index (χ4v) is 5.35. The lowest BCUT2D eigenvalue weighted by molar-refractivity contribution is 0.414. The molecule has 0 fully saturated rings. The maximum Gasteiger partial charge on any atom is 0.140 e. The summed E-state index contributed by atoms with van der Waals surface area (Å²) >= 11 is 0. The highest BCUT2D eigenvalue weighted by atomic mass is 16.5. The number of methoxy groups -OCH3 is 1. The molecule has 0 unspecified atom stereocenters. The van der Waals surface area contributed by atoms with E-state index in [1.807, 2.05) is 24.3 Å². The number of benzene rings is 4. The predicted octanol–water partition coefficient (Wildman–Crippen LogP) is 7.58. The molecule has 2 aliphatic heterocycles. The van der Waals surface area contributed by atoms with Gasteiger partial charge in [0.15, 0.2) is 0 Å². The van der Waals surface area contributed by atoms with Gasteiger partial charge in [-0.05, 0) is 48.5 Å². The zero-order valence-corrected chi connectivity index (χ0v) is 21.1. The molecule has 38 heavy (non-hydrogen) atoms. The van der Waals surface area contributed by atoms with Crippen molar-refractivity contribution in [1.82, 2.24) is 4.98 Å². The normalized spacial score (nSPS) is 14.0. The van der Waals surface area contributed by atoms with Gasteiger partial charge >= 0.3 is 0 Å². The molecule has 0 N–H and O–H groups in total. The second kappa shape index (κ2) is 9.16. The molecule has 5 aromatic rings. The van der Waals surface area contributed by atoms with E-state index >= 15 is 0 Å². The number of aromatic nitrogens is 1. The molecule has 186 valence electrons. The Kier molecular flexibility index (Phi) is 5.36. The quantitative estimate of drug-likeness (QED) is 0.249. The first-order chi connectivity index (χ1) is 18.8. The van der Waals surface area contributed by atoms with E-state index in [1.54, 1.807) is 7.11 Å². The van der Waals surface area contributed by atoms with Gasteiger partial charge in [0.1, 0.15) is 30.7 Å². The number of hydrogen-bond donors (Lipinski definition) is 0. The van der Waals surface area contributed by atoms with Crippen molar-refractivity contribution in [2.45, 2.75) is 0 Å². The van der Waals surface area contributed by atoms with Gasteiger partial charge in [-0.15, -0.1) is 0 Å². The Morgan fingerprint density at radius 2 is 0.868 bits per heavy atom. The molecule has 0 saturated heterocycles. The van der Waals surface area contributed by atoms with Gasteiger partial charge in [-0.2, -0.15) is 0 Å². The maximum atomic E-state index is 5.79. The van der Waals surface area contributed by atoms with Gasteiger partial charge in [-0.3, -0.25) is 0 Å². The van der Waals surface area contributed by atoms with Crippen LogP contribution in [0.5, 0.6) is 5.75 Å². The van der Waals surface area contributed by atoms with Crippen molar-refractivity contribution in [2.24, 2.45) is 0 Å². The van der Waals surface area contributed by atoms with Crippen molar-refractivity contribution in [3.05, 3.63) is 121 Å². The van der Waals surface area contributed by atoms with Crippen LogP contribution in [0.3, 0.4) is 0 Å². The Bertz CT molecular complexity index is 1480. The third-order valence-corrected chi connectivity index (χ3v) is 7.19. The number of nitrogens with zero attached hydrogens (tertiary/aromatic N) is 5. The number of pyridine rings is 1. The standard InChI is InChI=1S/C32H27N5O/c1-38-26-20-31(36-22-34(24-12-4-2-5-13-24)27-16-8-10-18-29(27)36)33-32(21-26)37-23-35(25-14-6-3-7-15-25)28-17-9-11-19-30(28)37/h2-21H,22-23H2,1H3. The molecule has 6 heteroatoms. The van der Waals surface area contributed by atoms with Gasteiger partial charge in [0, 0.05) is 23.5 Å². The summed E-state index contributed by atoms with van der Waals surface area (Å²) in [6.45, 7) is 1.32. The predicted molar refractivity (Wildman–Crippen MR) is 155 cm³/mol. The minimum absolute atomic E-state index is 0.662.